The zero-order valence-corrected chi connectivity index (χ0v) is 9.48. The third-order valence-electron chi connectivity index (χ3n) is 3.30. The second-order valence-electron chi connectivity index (χ2n) is 4.42. The highest BCUT2D eigenvalue weighted by Crippen LogP contribution is 2.24. The van der Waals surface area contributed by atoms with Crippen LogP contribution in [0.15, 0.2) is 23.0 Å². The Hall–Kier alpha value is -1.75. The first-order chi connectivity index (χ1) is 8.25. The molecular weight excluding hydrogens is 218 g/mol. The maximum absolute atomic E-state index is 12.0. The molecule has 2 heterocycles. The second-order valence-corrected chi connectivity index (χ2v) is 4.42. The molecule has 2 aromatic rings. The van der Waals surface area contributed by atoms with Crippen LogP contribution in [0.4, 0.5) is 5.69 Å². The summed E-state index contributed by atoms with van der Waals surface area (Å²) in [6.45, 7) is 1.44. The molecule has 0 radical (unpaired) electrons. The highest BCUT2D eigenvalue weighted by atomic mass is 16.5. The van der Waals surface area contributed by atoms with E-state index in [1.807, 2.05) is 16.7 Å². The number of nitrogens with one attached hydrogen (secondary N) is 1. The number of rotatable bonds is 1. The van der Waals surface area contributed by atoms with Gasteiger partial charge in [-0.1, -0.05) is 0 Å². The van der Waals surface area contributed by atoms with Crippen molar-refractivity contribution in [1.29, 1.82) is 0 Å². The van der Waals surface area contributed by atoms with E-state index in [2.05, 4.69) is 4.98 Å². The van der Waals surface area contributed by atoms with Gasteiger partial charge in [-0.3, -0.25) is 4.57 Å². The van der Waals surface area contributed by atoms with E-state index in [0.717, 1.165) is 37.1 Å². The minimum atomic E-state index is -0.0579. The first-order valence-corrected chi connectivity index (χ1v) is 5.83. The van der Waals surface area contributed by atoms with Gasteiger partial charge in [0.25, 0.3) is 0 Å². The predicted octanol–water partition coefficient (Wildman–Crippen LogP) is 1.26. The zero-order valence-electron chi connectivity index (χ0n) is 9.48. The van der Waals surface area contributed by atoms with Crippen LogP contribution in [0.1, 0.15) is 18.9 Å². The summed E-state index contributed by atoms with van der Waals surface area (Å²) in [7, 11) is 0. The smallest absolute Gasteiger partial charge is 0.326 e. The quantitative estimate of drug-likeness (QED) is 0.728. The maximum Gasteiger partial charge on any atom is 0.326 e. The summed E-state index contributed by atoms with van der Waals surface area (Å²) in [5, 5.41) is 0. The standard InChI is InChI=1S/C12H15N3O2/c13-8-1-2-11-10(7-8)14-12(16)15(11)9-3-5-17-6-4-9/h1-2,7,9H,3-6,13H2,(H,14,16). The Kier molecular flexibility index (Phi) is 2.40. The van der Waals surface area contributed by atoms with Crippen molar-refractivity contribution in [2.45, 2.75) is 18.9 Å². The molecule has 1 aromatic carbocycles. The molecule has 0 spiro atoms. The van der Waals surface area contributed by atoms with Gasteiger partial charge < -0.3 is 15.5 Å². The molecule has 0 saturated carbocycles. The first-order valence-electron chi connectivity index (χ1n) is 5.83. The zero-order chi connectivity index (χ0) is 11.8. The molecule has 1 fully saturated rings. The van der Waals surface area contributed by atoms with Gasteiger partial charge >= 0.3 is 5.69 Å². The largest absolute Gasteiger partial charge is 0.399 e. The van der Waals surface area contributed by atoms with Crippen LogP contribution in [0, 0.1) is 0 Å². The Morgan fingerprint density at radius 2 is 2.12 bits per heavy atom. The molecule has 1 aromatic heterocycles. The molecular formula is C12H15N3O2. The monoisotopic (exact) mass is 233 g/mol. The summed E-state index contributed by atoms with van der Waals surface area (Å²) in [6.07, 6.45) is 1.77. The summed E-state index contributed by atoms with van der Waals surface area (Å²) in [4.78, 5) is 14.8. The van der Waals surface area contributed by atoms with E-state index in [1.54, 1.807) is 6.07 Å². The fraction of sp³-hybridized carbons (Fsp3) is 0.417. The second kappa shape index (κ2) is 3.92. The van der Waals surface area contributed by atoms with Gasteiger partial charge in [0.1, 0.15) is 0 Å². The third-order valence-corrected chi connectivity index (χ3v) is 3.30. The number of nitrogens with two attached hydrogens (primary N) is 1. The van der Waals surface area contributed by atoms with Crippen LogP contribution in [-0.4, -0.2) is 22.8 Å². The molecule has 1 saturated heterocycles. The number of anilines is 1. The van der Waals surface area contributed by atoms with Crippen molar-refractivity contribution in [2.75, 3.05) is 18.9 Å². The fourth-order valence-corrected chi connectivity index (χ4v) is 2.45. The number of nitrogen functional groups attached to an aromatic ring is 1. The van der Waals surface area contributed by atoms with Crippen LogP contribution in [0.2, 0.25) is 0 Å². The van der Waals surface area contributed by atoms with Crippen molar-refractivity contribution in [3.05, 3.63) is 28.7 Å². The lowest BCUT2D eigenvalue weighted by Gasteiger charge is -2.23. The lowest BCUT2D eigenvalue weighted by molar-refractivity contribution is 0.0698. The number of benzene rings is 1. The highest BCUT2D eigenvalue weighted by Gasteiger charge is 2.19. The number of aromatic amines is 1. The lowest BCUT2D eigenvalue weighted by Crippen LogP contribution is -2.27. The topological polar surface area (TPSA) is 73.0 Å². The number of ether oxygens (including phenoxy) is 1. The molecule has 5 heteroatoms. The van der Waals surface area contributed by atoms with E-state index >= 15 is 0 Å². The van der Waals surface area contributed by atoms with Crippen molar-refractivity contribution >= 4 is 16.7 Å². The number of nitrogens with zero attached hydrogens (tertiary/aromatic N) is 1. The van der Waals surface area contributed by atoms with Gasteiger partial charge in [-0.2, -0.15) is 0 Å². The number of fused-ring (bicyclic) bond motifs is 1. The molecule has 1 aliphatic heterocycles. The number of imidazole rings is 1. The minimum Gasteiger partial charge on any atom is -0.399 e. The van der Waals surface area contributed by atoms with E-state index in [9.17, 15) is 4.79 Å². The van der Waals surface area contributed by atoms with Gasteiger partial charge in [-0.05, 0) is 31.0 Å². The molecule has 1 aliphatic rings. The van der Waals surface area contributed by atoms with Crippen LogP contribution in [0.3, 0.4) is 0 Å². The number of aromatic nitrogens is 2. The first kappa shape index (κ1) is 10.4. The summed E-state index contributed by atoms with van der Waals surface area (Å²) in [5.41, 5.74) is 8.05. The predicted molar refractivity (Wildman–Crippen MR) is 66.1 cm³/mol. The SMILES string of the molecule is Nc1ccc2c(c1)[nH]c(=O)n2C1CCOCC1. The number of hydrogen-bond donors (Lipinski definition) is 2. The van der Waals surface area contributed by atoms with E-state index in [-0.39, 0.29) is 11.7 Å². The summed E-state index contributed by atoms with van der Waals surface area (Å²) in [5.74, 6) is 0. The van der Waals surface area contributed by atoms with Gasteiger partial charge in [0.05, 0.1) is 11.0 Å². The van der Waals surface area contributed by atoms with Crippen LogP contribution in [-0.2, 0) is 4.74 Å². The minimum absolute atomic E-state index is 0.0579. The Morgan fingerprint density at radius 3 is 2.88 bits per heavy atom. The van der Waals surface area contributed by atoms with Gasteiger partial charge in [-0.15, -0.1) is 0 Å². The van der Waals surface area contributed by atoms with Crippen molar-refractivity contribution in [3.8, 4) is 0 Å². The number of hydrogen-bond acceptors (Lipinski definition) is 3. The molecule has 3 rings (SSSR count). The lowest BCUT2D eigenvalue weighted by atomic mass is 10.1. The molecule has 0 unspecified atom stereocenters. The Morgan fingerprint density at radius 1 is 1.35 bits per heavy atom. The summed E-state index contributed by atoms with van der Waals surface area (Å²) < 4.78 is 7.15. The van der Waals surface area contributed by atoms with Crippen LogP contribution < -0.4 is 11.4 Å². The average Bonchev–Trinajstić information content (AvgIpc) is 2.65. The maximum atomic E-state index is 12.0. The normalized spacial score (nSPS) is 17.6. The van der Waals surface area contributed by atoms with Gasteiger partial charge in [0, 0.05) is 24.9 Å². The van der Waals surface area contributed by atoms with Crippen LogP contribution in [0.5, 0.6) is 0 Å². The van der Waals surface area contributed by atoms with Crippen LogP contribution in [0.25, 0.3) is 11.0 Å². The van der Waals surface area contributed by atoms with Gasteiger partial charge in [-0.25, -0.2) is 4.79 Å². The average molecular weight is 233 g/mol. The highest BCUT2D eigenvalue weighted by molar-refractivity contribution is 5.79. The van der Waals surface area contributed by atoms with Crippen molar-refractivity contribution in [3.63, 3.8) is 0 Å². The van der Waals surface area contributed by atoms with Gasteiger partial charge in [0.2, 0.25) is 0 Å². The third kappa shape index (κ3) is 1.72. The fourth-order valence-electron chi connectivity index (χ4n) is 2.45. The van der Waals surface area contributed by atoms with E-state index in [4.69, 9.17) is 10.5 Å². The molecule has 0 aliphatic carbocycles. The van der Waals surface area contributed by atoms with Crippen molar-refractivity contribution in [1.82, 2.24) is 9.55 Å². The number of H-pyrrole nitrogens is 1. The molecule has 90 valence electrons. The van der Waals surface area contributed by atoms with E-state index < -0.39 is 0 Å². The van der Waals surface area contributed by atoms with Crippen LogP contribution >= 0.6 is 0 Å². The summed E-state index contributed by atoms with van der Waals surface area (Å²) >= 11 is 0. The van der Waals surface area contributed by atoms with Crippen molar-refractivity contribution in [2.24, 2.45) is 0 Å². The Bertz CT molecular complexity index is 593. The summed E-state index contributed by atoms with van der Waals surface area (Å²) in [6, 6.07) is 5.75. The molecule has 3 N–H and O–H groups in total. The Labute approximate surface area is 98.2 Å². The molecule has 17 heavy (non-hydrogen) atoms. The van der Waals surface area contributed by atoms with Crippen molar-refractivity contribution < 1.29 is 4.74 Å². The molecule has 0 bridgehead atoms. The molecule has 5 nitrogen and oxygen atoms in total. The van der Waals surface area contributed by atoms with E-state index in [1.165, 1.54) is 0 Å². The molecule has 0 amide bonds. The molecule has 0 atom stereocenters. The van der Waals surface area contributed by atoms with E-state index in [0.29, 0.717) is 5.69 Å². The van der Waals surface area contributed by atoms with Gasteiger partial charge in [0.15, 0.2) is 0 Å². The Balaban J connectivity index is 2.14.